The molecule has 0 aliphatic carbocycles. The van der Waals surface area contributed by atoms with Crippen molar-refractivity contribution in [3.63, 3.8) is 0 Å². The SMILES string of the molecule is CC1CCCN(C(=O)c2cn(C3CCNCC3)nn2)C1.Cl. The van der Waals surface area contributed by atoms with Crippen LogP contribution in [-0.2, 0) is 0 Å². The van der Waals surface area contributed by atoms with Gasteiger partial charge in [0, 0.05) is 13.1 Å². The quantitative estimate of drug-likeness (QED) is 0.898. The maximum atomic E-state index is 12.4. The largest absolute Gasteiger partial charge is 0.337 e. The van der Waals surface area contributed by atoms with Crippen molar-refractivity contribution in [1.82, 2.24) is 25.2 Å². The van der Waals surface area contributed by atoms with Gasteiger partial charge >= 0.3 is 0 Å². The van der Waals surface area contributed by atoms with Gasteiger partial charge in [-0.1, -0.05) is 12.1 Å². The number of aromatic nitrogens is 3. The van der Waals surface area contributed by atoms with E-state index in [-0.39, 0.29) is 18.3 Å². The molecule has 2 aliphatic rings. The van der Waals surface area contributed by atoms with Crippen LogP contribution in [0.5, 0.6) is 0 Å². The number of carbonyl (C=O) groups is 1. The van der Waals surface area contributed by atoms with Gasteiger partial charge in [-0.25, -0.2) is 4.68 Å². The van der Waals surface area contributed by atoms with E-state index in [9.17, 15) is 4.79 Å². The van der Waals surface area contributed by atoms with Crippen LogP contribution >= 0.6 is 12.4 Å². The lowest BCUT2D eigenvalue weighted by Crippen LogP contribution is -2.39. The van der Waals surface area contributed by atoms with Crippen molar-refractivity contribution < 1.29 is 4.79 Å². The maximum absolute atomic E-state index is 12.4. The Labute approximate surface area is 131 Å². The zero-order valence-electron chi connectivity index (χ0n) is 12.5. The lowest BCUT2D eigenvalue weighted by Gasteiger charge is -2.30. The van der Waals surface area contributed by atoms with Crippen molar-refractivity contribution in [1.29, 1.82) is 0 Å². The van der Waals surface area contributed by atoms with Gasteiger partial charge in [0.25, 0.3) is 5.91 Å². The van der Waals surface area contributed by atoms with Crippen LogP contribution in [0.2, 0.25) is 0 Å². The standard InChI is InChI=1S/C14H23N5O.ClH/c1-11-3-2-8-18(9-11)14(20)13-10-19(17-16-13)12-4-6-15-7-5-12;/h10-12,15H,2-9H2,1H3;1H. The normalized spacial score (nSPS) is 23.7. The van der Waals surface area contributed by atoms with E-state index in [1.807, 2.05) is 15.8 Å². The second kappa shape index (κ2) is 7.22. The highest BCUT2D eigenvalue weighted by Crippen LogP contribution is 2.19. The van der Waals surface area contributed by atoms with Crippen LogP contribution in [0.25, 0.3) is 0 Å². The first-order valence-electron chi connectivity index (χ1n) is 7.66. The van der Waals surface area contributed by atoms with E-state index in [2.05, 4.69) is 22.6 Å². The smallest absolute Gasteiger partial charge is 0.276 e. The Hall–Kier alpha value is -1.14. The molecule has 1 aromatic heterocycles. The molecule has 2 fully saturated rings. The van der Waals surface area contributed by atoms with Crippen molar-refractivity contribution in [2.24, 2.45) is 5.92 Å². The third-order valence-electron chi connectivity index (χ3n) is 4.36. The third kappa shape index (κ3) is 3.74. The van der Waals surface area contributed by atoms with E-state index in [4.69, 9.17) is 0 Å². The molecule has 6 nitrogen and oxygen atoms in total. The Morgan fingerprint density at radius 3 is 2.81 bits per heavy atom. The molecule has 1 N–H and O–H groups in total. The second-order valence-electron chi connectivity index (χ2n) is 6.06. The molecule has 2 saturated heterocycles. The summed E-state index contributed by atoms with van der Waals surface area (Å²) in [7, 11) is 0. The first-order chi connectivity index (χ1) is 9.74. The first kappa shape index (κ1) is 16.2. The number of halogens is 1. The zero-order valence-corrected chi connectivity index (χ0v) is 13.3. The van der Waals surface area contributed by atoms with Crippen LogP contribution in [0.15, 0.2) is 6.20 Å². The van der Waals surface area contributed by atoms with Gasteiger partial charge < -0.3 is 10.2 Å². The van der Waals surface area contributed by atoms with Gasteiger partial charge in [0.1, 0.15) is 0 Å². The molecule has 0 spiro atoms. The van der Waals surface area contributed by atoms with Crippen LogP contribution in [0.4, 0.5) is 0 Å². The molecule has 0 bridgehead atoms. The van der Waals surface area contributed by atoms with Crippen molar-refractivity contribution in [3.8, 4) is 0 Å². The molecule has 1 unspecified atom stereocenters. The molecule has 0 radical (unpaired) electrons. The summed E-state index contributed by atoms with van der Waals surface area (Å²) in [5.41, 5.74) is 0.498. The summed E-state index contributed by atoms with van der Waals surface area (Å²) >= 11 is 0. The minimum absolute atomic E-state index is 0. The van der Waals surface area contributed by atoms with E-state index in [1.54, 1.807) is 0 Å². The summed E-state index contributed by atoms with van der Waals surface area (Å²) in [5.74, 6) is 0.629. The van der Waals surface area contributed by atoms with Crippen molar-refractivity contribution >= 4 is 18.3 Å². The number of nitrogens with one attached hydrogen (secondary N) is 1. The van der Waals surface area contributed by atoms with Gasteiger partial charge in [0.2, 0.25) is 0 Å². The highest BCUT2D eigenvalue weighted by Gasteiger charge is 2.25. The fourth-order valence-electron chi connectivity index (χ4n) is 3.16. The molecule has 3 heterocycles. The molecule has 1 amide bonds. The Morgan fingerprint density at radius 2 is 2.10 bits per heavy atom. The zero-order chi connectivity index (χ0) is 13.9. The predicted molar refractivity (Wildman–Crippen MR) is 82.7 cm³/mol. The molecule has 1 atom stereocenters. The summed E-state index contributed by atoms with van der Waals surface area (Å²) in [4.78, 5) is 14.4. The maximum Gasteiger partial charge on any atom is 0.276 e. The van der Waals surface area contributed by atoms with Gasteiger partial charge in [-0.15, -0.1) is 17.5 Å². The molecule has 3 rings (SSSR count). The molecule has 1 aromatic rings. The molecular weight excluding hydrogens is 290 g/mol. The lowest BCUT2D eigenvalue weighted by molar-refractivity contribution is 0.0677. The third-order valence-corrected chi connectivity index (χ3v) is 4.36. The molecule has 21 heavy (non-hydrogen) atoms. The molecule has 0 aromatic carbocycles. The highest BCUT2D eigenvalue weighted by molar-refractivity contribution is 5.92. The van der Waals surface area contributed by atoms with Crippen LogP contribution in [0.1, 0.15) is 49.1 Å². The summed E-state index contributed by atoms with van der Waals surface area (Å²) < 4.78 is 1.88. The van der Waals surface area contributed by atoms with Gasteiger partial charge in [0.15, 0.2) is 5.69 Å². The number of likely N-dealkylation sites (tertiary alicyclic amines) is 1. The van der Waals surface area contributed by atoms with Crippen LogP contribution < -0.4 is 5.32 Å². The minimum atomic E-state index is 0. The van der Waals surface area contributed by atoms with Crippen LogP contribution in [0, 0.1) is 5.92 Å². The number of amides is 1. The summed E-state index contributed by atoms with van der Waals surface area (Å²) in [6, 6.07) is 0.380. The molecular formula is C14H24ClN5O. The average molecular weight is 314 g/mol. The minimum Gasteiger partial charge on any atom is -0.337 e. The van der Waals surface area contributed by atoms with Crippen molar-refractivity contribution in [3.05, 3.63) is 11.9 Å². The monoisotopic (exact) mass is 313 g/mol. The van der Waals surface area contributed by atoms with E-state index < -0.39 is 0 Å². The topological polar surface area (TPSA) is 63.1 Å². The van der Waals surface area contributed by atoms with Gasteiger partial charge in [0.05, 0.1) is 12.2 Å². The highest BCUT2D eigenvalue weighted by atomic mass is 35.5. The van der Waals surface area contributed by atoms with Gasteiger partial charge in [-0.3, -0.25) is 4.79 Å². The van der Waals surface area contributed by atoms with Crippen LogP contribution in [0.3, 0.4) is 0 Å². The number of carbonyl (C=O) groups excluding carboxylic acids is 1. The Bertz CT molecular complexity index is 472. The Balaban J connectivity index is 0.00000161. The second-order valence-corrected chi connectivity index (χ2v) is 6.06. The number of hydrogen-bond donors (Lipinski definition) is 1. The van der Waals surface area contributed by atoms with Gasteiger partial charge in [-0.05, 0) is 44.7 Å². The number of rotatable bonds is 2. The summed E-state index contributed by atoms with van der Waals surface area (Å²) in [5, 5.41) is 11.6. The molecule has 2 aliphatic heterocycles. The Morgan fingerprint density at radius 1 is 1.33 bits per heavy atom. The lowest BCUT2D eigenvalue weighted by atomic mass is 10.0. The predicted octanol–water partition coefficient (Wildman–Crippen LogP) is 1.50. The van der Waals surface area contributed by atoms with Gasteiger partial charge in [-0.2, -0.15) is 0 Å². The van der Waals surface area contributed by atoms with Crippen molar-refractivity contribution in [2.45, 2.75) is 38.6 Å². The van der Waals surface area contributed by atoms with Crippen LogP contribution in [-0.4, -0.2) is 52.0 Å². The van der Waals surface area contributed by atoms with E-state index >= 15 is 0 Å². The van der Waals surface area contributed by atoms with E-state index in [0.717, 1.165) is 45.4 Å². The fraction of sp³-hybridized carbons (Fsp3) is 0.786. The molecule has 118 valence electrons. The molecule has 0 saturated carbocycles. The summed E-state index contributed by atoms with van der Waals surface area (Å²) in [6.45, 7) is 5.92. The Kier molecular flexibility index (Phi) is 5.58. The summed E-state index contributed by atoms with van der Waals surface area (Å²) in [6.07, 6.45) is 6.24. The number of nitrogens with zero attached hydrogens (tertiary/aromatic N) is 4. The number of piperidine rings is 2. The molecule has 7 heteroatoms. The van der Waals surface area contributed by atoms with E-state index in [1.165, 1.54) is 6.42 Å². The fourth-order valence-corrected chi connectivity index (χ4v) is 3.16. The number of hydrogen-bond acceptors (Lipinski definition) is 4. The average Bonchev–Trinajstić information content (AvgIpc) is 2.97. The van der Waals surface area contributed by atoms with E-state index in [0.29, 0.717) is 17.7 Å². The van der Waals surface area contributed by atoms with Crippen molar-refractivity contribution in [2.75, 3.05) is 26.2 Å². The first-order valence-corrected chi connectivity index (χ1v) is 7.66.